The Morgan fingerprint density at radius 3 is 2.78 bits per heavy atom. The summed E-state index contributed by atoms with van der Waals surface area (Å²) >= 11 is 0. The molecule has 0 bridgehead atoms. The molecule has 2 aromatic heterocycles. The Hall–Kier alpha value is -2.36. The van der Waals surface area contributed by atoms with E-state index in [2.05, 4.69) is 28.3 Å². The van der Waals surface area contributed by atoms with Crippen molar-refractivity contribution in [1.82, 2.24) is 14.5 Å². The molecule has 0 aliphatic heterocycles. The summed E-state index contributed by atoms with van der Waals surface area (Å²) in [4.78, 5) is 8.60. The van der Waals surface area contributed by atoms with Gasteiger partial charge in [0.2, 0.25) is 0 Å². The molecule has 2 heterocycles. The van der Waals surface area contributed by atoms with Crippen LogP contribution in [0.3, 0.4) is 0 Å². The smallest absolute Gasteiger partial charge is 0.145 e. The van der Waals surface area contributed by atoms with Gasteiger partial charge in [0.25, 0.3) is 0 Å². The molecular weight excluding hydrogens is 224 g/mol. The van der Waals surface area contributed by atoms with Crippen LogP contribution >= 0.6 is 0 Å². The minimum absolute atomic E-state index is 0.843. The molecule has 90 valence electrons. The molecule has 0 amide bonds. The maximum absolute atomic E-state index is 4.32. The Bertz CT molecular complexity index is 700. The first-order valence-electron chi connectivity index (χ1n) is 5.84. The van der Waals surface area contributed by atoms with Crippen LogP contribution in [0, 0.1) is 6.92 Å². The van der Waals surface area contributed by atoms with E-state index in [1.807, 2.05) is 42.1 Å². The van der Waals surface area contributed by atoms with Crippen molar-refractivity contribution in [3.8, 4) is 0 Å². The monoisotopic (exact) mass is 238 g/mol. The molecule has 18 heavy (non-hydrogen) atoms. The highest BCUT2D eigenvalue weighted by atomic mass is 15.1. The molecule has 0 radical (unpaired) electrons. The lowest BCUT2D eigenvalue weighted by molar-refractivity contribution is 0.944. The number of nitrogens with one attached hydrogen (secondary N) is 1. The summed E-state index contributed by atoms with van der Waals surface area (Å²) in [5.41, 5.74) is 3.20. The van der Waals surface area contributed by atoms with Crippen LogP contribution in [-0.4, -0.2) is 14.5 Å². The minimum Gasteiger partial charge on any atom is -0.339 e. The van der Waals surface area contributed by atoms with E-state index in [0.717, 1.165) is 22.5 Å². The van der Waals surface area contributed by atoms with Crippen molar-refractivity contribution in [3.63, 3.8) is 0 Å². The summed E-state index contributed by atoms with van der Waals surface area (Å²) < 4.78 is 1.99. The lowest BCUT2D eigenvalue weighted by Gasteiger charge is -2.09. The molecule has 0 aliphatic carbocycles. The van der Waals surface area contributed by atoms with Gasteiger partial charge in [-0.25, -0.2) is 9.97 Å². The summed E-state index contributed by atoms with van der Waals surface area (Å²) in [5.74, 6) is 0.843. The normalized spacial score (nSPS) is 10.8. The molecule has 3 aromatic rings. The van der Waals surface area contributed by atoms with Gasteiger partial charge >= 0.3 is 0 Å². The van der Waals surface area contributed by atoms with Crippen molar-refractivity contribution >= 4 is 22.5 Å². The average molecular weight is 238 g/mol. The average Bonchev–Trinajstić information content (AvgIpc) is 2.76. The fourth-order valence-electron chi connectivity index (χ4n) is 2.02. The number of rotatable bonds is 2. The quantitative estimate of drug-likeness (QED) is 0.746. The third-order valence-corrected chi connectivity index (χ3v) is 3.06. The van der Waals surface area contributed by atoms with E-state index >= 15 is 0 Å². The number of nitrogens with zero attached hydrogens (tertiary/aromatic N) is 3. The van der Waals surface area contributed by atoms with Crippen molar-refractivity contribution in [3.05, 3.63) is 48.4 Å². The van der Waals surface area contributed by atoms with E-state index in [0.29, 0.717) is 0 Å². The van der Waals surface area contributed by atoms with E-state index in [1.165, 1.54) is 5.56 Å². The van der Waals surface area contributed by atoms with Crippen molar-refractivity contribution in [2.45, 2.75) is 6.92 Å². The third-order valence-electron chi connectivity index (χ3n) is 3.06. The maximum atomic E-state index is 4.32. The van der Waals surface area contributed by atoms with Crippen molar-refractivity contribution in [2.75, 3.05) is 5.32 Å². The van der Waals surface area contributed by atoms with E-state index < -0.39 is 0 Å². The predicted molar refractivity (Wildman–Crippen MR) is 73.0 cm³/mol. The van der Waals surface area contributed by atoms with E-state index in [1.54, 1.807) is 6.33 Å². The number of anilines is 2. The predicted octanol–water partition coefficient (Wildman–Crippen LogP) is 3.02. The molecule has 0 spiro atoms. The van der Waals surface area contributed by atoms with Gasteiger partial charge in [-0.3, -0.25) is 0 Å². The molecule has 0 fully saturated rings. The Morgan fingerprint density at radius 1 is 1.11 bits per heavy atom. The first-order valence-corrected chi connectivity index (χ1v) is 5.84. The molecule has 4 nitrogen and oxygen atoms in total. The lowest BCUT2D eigenvalue weighted by Crippen LogP contribution is -1.97. The SMILES string of the molecule is Cc1ccccc1Nc1ncnc2c1ccn2C. The number of para-hydroxylation sites is 1. The lowest BCUT2D eigenvalue weighted by atomic mass is 10.2. The molecule has 1 aromatic carbocycles. The summed E-state index contributed by atoms with van der Waals surface area (Å²) in [6.07, 6.45) is 3.57. The number of aryl methyl sites for hydroxylation is 2. The van der Waals surface area contributed by atoms with Gasteiger partial charge in [-0.15, -0.1) is 0 Å². The highest BCUT2D eigenvalue weighted by Gasteiger charge is 2.07. The number of aromatic nitrogens is 3. The highest BCUT2D eigenvalue weighted by molar-refractivity contribution is 5.89. The topological polar surface area (TPSA) is 42.7 Å². The van der Waals surface area contributed by atoms with Crippen LogP contribution in [0.4, 0.5) is 11.5 Å². The Balaban J connectivity index is 2.08. The van der Waals surface area contributed by atoms with Crippen LogP contribution in [0.1, 0.15) is 5.56 Å². The molecule has 0 unspecified atom stereocenters. The second kappa shape index (κ2) is 4.14. The summed E-state index contributed by atoms with van der Waals surface area (Å²) in [6.45, 7) is 2.08. The fourth-order valence-corrected chi connectivity index (χ4v) is 2.02. The van der Waals surface area contributed by atoms with Crippen LogP contribution in [0.5, 0.6) is 0 Å². The molecule has 0 saturated carbocycles. The zero-order valence-electron chi connectivity index (χ0n) is 10.4. The second-order valence-corrected chi connectivity index (χ2v) is 4.33. The van der Waals surface area contributed by atoms with Crippen molar-refractivity contribution in [2.24, 2.45) is 7.05 Å². The molecule has 1 N–H and O–H groups in total. The van der Waals surface area contributed by atoms with Gasteiger partial charge in [-0.2, -0.15) is 0 Å². The number of hydrogen-bond donors (Lipinski definition) is 1. The van der Waals surface area contributed by atoms with Crippen LogP contribution in [0.2, 0.25) is 0 Å². The first kappa shape index (κ1) is 10.8. The van der Waals surface area contributed by atoms with Crippen LogP contribution in [-0.2, 0) is 7.05 Å². The Kier molecular flexibility index (Phi) is 2.48. The highest BCUT2D eigenvalue weighted by Crippen LogP contribution is 2.24. The number of fused-ring (bicyclic) bond motifs is 1. The van der Waals surface area contributed by atoms with Gasteiger partial charge in [0.15, 0.2) is 0 Å². The third kappa shape index (κ3) is 1.72. The van der Waals surface area contributed by atoms with Crippen LogP contribution in [0.25, 0.3) is 11.0 Å². The zero-order valence-corrected chi connectivity index (χ0v) is 10.4. The van der Waals surface area contributed by atoms with Crippen LogP contribution < -0.4 is 5.32 Å². The standard InChI is InChI=1S/C14H14N4/c1-10-5-3-4-6-12(10)17-13-11-7-8-18(2)14(11)16-9-15-13/h3-9H,1-2H3,(H,15,16,17). The maximum Gasteiger partial charge on any atom is 0.145 e. The molecule has 3 rings (SSSR count). The molecule has 0 saturated heterocycles. The fraction of sp³-hybridized carbons (Fsp3) is 0.143. The van der Waals surface area contributed by atoms with Gasteiger partial charge in [0.05, 0.1) is 5.39 Å². The van der Waals surface area contributed by atoms with E-state index in [-0.39, 0.29) is 0 Å². The van der Waals surface area contributed by atoms with Gasteiger partial charge < -0.3 is 9.88 Å². The second-order valence-electron chi connectivity index (χ2n) is 4.33. The Labute approximate surface area is 105 Å². The number of benzene rings is 1. The number of hydrogen-bond acceptors (Lipinski definition) is 3. The molecular formula is C14H14N4. The van der Waals surface area contributed by atoms with Gasteiger partial charge in [0.1, 0.15) is 17.8 Å². The summed E-state index contributed by atoms with van der Waals surface area (Å²) in [5, 5.41) is 4.39. The van der Waals surface area contributed by atoms with Crippen LogP contribution in [0.15, 0.2) is 42.9 Å². The van der Waals surface area contributed by atoms with Crippen molar-refractivity contribution in [1.29, 1.82) is 0 Å². The minimum atomic E-state index is 0.843. The largest absolute Gasteiger partial charge is 0.339 e. The van der Waals surface area contributed by atoms with E-state index in [4.69, 9.17) is 0 Å². The zero-order chi connectivity index (χ0) is 12.5. The Morgan fingerprint density at radius 2 is 1.94 bits per heavy atom. The summed E-state index contributed by atoms with van der Waals surface area (Å²) in [6, 6.07) is 10.2. The van der Waals surface area contributed by atoms with Crippen molar-refractivity contribution < 1.29 is 0 Å². The van der Waals surface area contributed by atoms with Gasteiger partial charge in [-0.05, 0) is 24.6 Å². The summed E-state index contributed by atoms with van der Waals surface area (Å²) in [7, 11) is 1.98. The first-order chi connectivity index (χ1) is 8.75. The van der Waals surface area contributed by atoms with Gasteiger partial charge in [-0.1, -0.05) is 18.2 Å². The molecule has 0 atom stereocenters. The van der Waals surface area contributed by atoms with E-state index in [9.17, 15) is 0 Å². The molecule has 0 aliphatic rings. The van der Waals surface area contributed by atoms with Gasteiger partial charge in [0, 0.05) is 18.9 Å². The molecule has 4 heteroatoms.